The summed E-state index contributed by atoms with van der Waals surface area (Å²) in [5.74, 6) is 0.636. The maximum Gasteiger partial charge on any atom is 0.255 e. The Morgan fingerprint density at radius 3 is 2.82 bits per heavy atom. The van der Waals surface area contributed by atoms with Crippen LogP contribution in [0.3, 0.4) is 0 Å². The van der Waals surface area contributed by atoms with Gasteiger partial charge in [0.2, 0.25) is 5.89 Å². The Bertz CT molecular complexity index is 620. The van der Waals surface area contributed by atoms with Crippen LogP contribution in [0.4, 0.5) is 0 Å². The highest BCUT2D eigenvalue weighted by Crippen LogP contribution is 2.34. The number of carbonyl (C=O) groups excluding carboxylic acids is 1. The summed E-state index contributed by atoms with van der Waals surface area (Å²) in [4.78, 5) is 16.3. The van der Waals surface area contributed by atoms with Crippen LogP contribution < -0.4 is 11.1 Å². The zero-order chi connectivity index (χ0) is 14.9. The van der Waals surface area contributed by atoms with Gasteiger partial charge in [0.1, 0.15) is 12.3 Å². The van der Waals surface area contributed by atoms with Gasteiger partial charge in [0.05, 0.1) is 17.4 Å². The fourth-order valence-electron chi connectivity index (χ4n) is 2.58. The number of hydrogen-bond donors (Lipinski definition) is 2. The summed E-state index contributed by atoms with van der Waals surface area (Å²) in [5.41, 5.74) is 6.25. The molecule has 1 aliphatic rings. The third kappa shape index (κ3) is 3.15. The van der Waals surface area contributed by atoms with Gasteiger partial charge < -0.3 is 20.0 Å². The standard InChI is InChI=1S/C14H18N4O3.ClH/c1-9(16-11(19)10-4-7-20-8-10)12-17-13(18-21-12)14(15)5-2-3-6-14;/h4,7-9H,2-3,5-6,15H2,1H3,(H,16,19);1H. The van der Waals surface area contributed by atoms with E-state index in [0.717, 1.165) is 25.7 Å². The highest BCUT2D eigenvalue weighted by molar-refractivity contribution is 5.93. The molecule has 1 amide bonds. The molecule has 8 heteroatoms. The van der Waals surface area contributed by atoms with Crippen LogP contribution >= 0.6 is 12.4 Å². The average molecular weight is 327 g/mol. The molecule has 2 aromatic rings. The molecule has 0 bridgehead atoms. The molecule has 120 valence electrons. The summed E-state index contributed by atoms with van der Waals surface area (Å²) in [5, 5.41) is 6.76. The van der Waals surface area contributed by atoms with Gasteiger partial charge >= 0.3 is 0 Å². The smallest absolute Gasteiger partial charge is 0.255 e. The lowest BCUT2D eigenvalue weighted by Gasteiger charge is -2.17. The van der Waals surface area contributed by atoms with E-state index in [0.29, 0.717) is 17.3 Å². The fourth-order valence-corrected chi connectivity index (χ4v) is 2.58. The highest BCUT2D eigenvalue weighted by Gasteiger charge is 2.36. The average Bonchev–Trinajstić information content (AvgIpc) is 3.20. The molecule has 22 heavy (non-hydrogen) atoms. The van der Waals surface area contributed by atoms with Gasteiger partial charge in [-0.25, -0.2) is 0 Å². The topological polar surface area (TPSA) is 107 Å². The Hall–Kier alpha value is -1.86. The van der Waals surface area contributed by atoms with Crippen LogP contribution in [0.15, 0.2) is 27.5 Å². The summed E-state index contributed by atoms with van der Waals surface area (Å²) in [6, 6.07) is 1.20. The third-order valence-electron chi connectivity index (χ3n) is 3.88. The molecule has 0 aromatic carbocycles. The molecule has 0 spiro atoms. The number of halogens is 1. The SMILES string of the molecule is CC(NC(=O)c1ccoc1)c1nc(C2(N)CCCC2)no1.Cl. The summed E-state index contributed by atoms with van der Waals surface area (Å²) in [6.07, 6.45) is 6.71. The Morgan fingerprint density at radius 1 is 1.45 bits per heavy atom. The van der Waals surface area contributed by atoms with Gasteiger partial charge in [-0.1, -0.05) is 18.0 Å². The minimum atomic E-state index is -0.490. The zero-order valence-corrected chi connectivity index (χ0v) is 13.1. The quantitative estimate of drug-likeness (QED) is 0.892. The molecule has 0 radical (unpaired) electrons. The van der Waals surface area contributed by atoms with E-state index in [4.69, 9.17) is 14.7 Å². The number of hydrogen-bond acceptors (Lipinski definition) is 6. The second-order valence-electron chi connectivity index (χ2n) is 5.53. The molecule has 0 aliphatic heterocycles. The summed E-state index contributed by atoms with van der Waals surface area (Å²) >= 11 is 0. The van der Waals surface area contributed by atoms with Crippen LogP contribution in [-0.4, -0.2) is 16.0 Å². The normalized spacial score (nSPS) is 17.7. The van der Waals surface area contributed by atoms with E-state index < -0.39 is 11.6 Å². The Labute approximate surface area is 134 Å². The minimum Gasteiger partial charge on any atom is -0.472 e. The molecule has 3 rings (SSSR count). The number of nitrogens with one attached hydrogen (secondary N) is 1. The van der Waals surface area contributed by atoms with Crippen molar-refractivity contribution in [3.63, 3.8) is 0 Å². The van der Waals surface area contributed by atoms with Gasteiger partial charge in [0.15, 0.2) is 5.82 Å². The van der Waals surface area contributed by atoms with Gasteiger partial charge in [-0.3, -0.25) is 4.79 Å². The summed E-state index contributed by atoms with van der Waals surface area (Å²) in [7, 11) is 0. The highest BCUT2D eigenvalue weighted by atomic mass is 35.5. The maximum atomic E-state index is 11.9. The van der Waals surface area contributed by atoms with Crippen molar-refractivity contribution in [1.82, 2.24) is 15.5 Å². The zero-order valence-electron chi connectivity index (χ0n) is 12.2. The van der Waals surface area contributed by atoms with Gasteiger partial charge in [0, 0.05) is 0 Å². The van der Waals surface area contributed by atoms with Crippen molar-refractivity contribution in [1.29, 1.82) is 0 Å². The number of furan rings is 1. The summed E-state index contributed by atoms with van der Waals surface area (Å²) in [6.45, 7) is 1.78. The lowest BCUT2D eigenvalue weighted by Crippen LogP contribution is -2.34. The van der Waals surface area contributed by atoms with E-state index in [1.807, 2.05) is 0 Å². The second-order valence-corrected chi connectivity index (χ2v) is 5.53. The largest absolute Gasteiger partial charge is 0.472 e. The first-order valence-corrected chi connectivity index (χ1v) is 7.04. The Kier molecular flexibility index (Phi) is 4.87. The van der Waals surface area contributed by atoms with E-state index in [2.05, 4.69) is 15.5 Å². The van der Waals surface area contributed by atoms with E-state index in [-0.39, 0.29) is 18.3 Å². The van der Waals surface area contributed by atoms with Crippen LogP contribution in [0, 0.1) is 0 Å². The van der Waals surface area contributed by atoms with Crippen molar-refractivity contribution < 1.29 is 13.7 Å². The third-order valence-corrected chi connectivity index (χ3v) is 3.88. The van der Waals surface area contributed by atoms with Crippen LogP contribution in [0.25, 0.3) is 0 Å². The number of rotatable bonds is 4. The molecule has 7 nitrogen and oxygen atoms in total. The first kappa shape index (κ1) is 16.5. The lowest BCUT2D eigenvalue weighted by atomic mass is 9.99. The Morgan fingerprint density at radius 2 is 2.18 bits per heavy atom. The van der Waals surface area contributed by atoms with Crippen molar-refractivity contribution in [3.8, 4) is 0 Å². The molecule has 1 unspecified atom stereocenters. The molecule has 1 fully saturated rings. The number of aromatic nitrogens is 2. The number of amides is 1. The Balaban J connectivity index is 0.00000176. The lowest BCUT2D eigenvalue weighted by molar-refractivity contribution is 0.0932. The molecule has 1 atom stereocenters. The van der Waals surface area contributed by atoms with Gasteiger partial charge in [-0.05, 0) is 25.8 Å². The van der Waals surface area contributed by atoms with Crippen molar-refractivity contribution >= 4 is 18.3 Å². The number of carbonyl (C=O) groups is 1. The van der Waals surface area contributed by atoms with Crippen molar-refractivity contribution in [2.75, 3.05) is 0 Å². The molecule has 2 heterocycles. The molecular formula is C14H19ClN4O3. The molecular weight excluding hydrogens is 308 g/mol. The summed E-state index contributed by atoms with van der Waals surface area (Å²) < 4.78 is 10.1. The molecule has 2 aromatic heterocycles. The van der Waals surface area contributed by atoms with Crippen molar-refractivity contribution in [3.05, 3.63) is 35.9 Å². The van der Waals surface area contributed by atoms with Gasteiger partial charge in [-0.2, -0.15) is 4.98 Å². The molecule has 0 saturated heterocycles. The number of nitrogens with zero attached hydrogens (tertiary/aromatic N) is 2. The van der Waals surface area contributed by atoms with Crippen molar-refractivity contribution in [2.24, 2.45) is 5.73 Å². The van der Waals surface area contributed by atoms with Crippen LogP contribution in [-0.2, 0) is 5.54 Å². The van der Waals surface area contributed by atoms with E-state index >= 15 is 0 Å². The second kappa shape index (κ2) is 6.50. The first-order valence-electron chi connectivity index (χ1n) is 7.04. The van der Waals surface area contributed by atoms with Crippen molar-refractivity contribution in [2.45, 2.75) is 44.2 Å². The molecule has 1 saturated carbocycles. The van der Waals surface area contributed by atoms with Gasteiger partial charge in [0.25, 0.3) is 5.91 Å². The fraction of sp³-hybridized carbons (Fsp3) is 0.500. The maximum absolute atomic E-state index is 11.9. The molecule has 3 N–H and O–H groups in total. The van der Waals surface area contributed by atoms with Gasteiger partial charge in [-0.15, -0.1) is 12.4 Å². The van der Waals surface area contributed by atoms with Crippen LogP contribution in [0.2, 0.25) is 0 Å². The predicted octanol–water partition coefficient (Wildman–Crippen LogP) is 2.30. The molecule has 1 aliphatic carbocycles. The van der Waals surface area contributed by atoms with Crippen LogP contribution in [0.5, 0.6) is 0 Å². The monoisotopic (exact) mass is 326 g/mol. The predicted molar refractivity (Wildman–Crippen MR) is 80.5 cm³/mol. The van der Waals surface area contributed by atoms with E-state index in [1.54, 1.807) is 13.0 Å². The van der Waals surface area contributed by atoms with Crippen LogP contribution in [0.1, 0.15) is 60.7 Å². The first-order chi connectivity index (χ1) is 10.1. The van der Waals surface area contributed by atoms with E-state index in [1.165, 1.54) is 12.5 Å². The minimum absolute atomic E-state index is 0. The van der Waals surface area contributed by atoms with E-state index in [9.17, 15) is 4.79 Å². The number of nitrogens with two attached hydrogens (primary N) is 1.